The molecule has 0 aliphatic carbocycles. The molecule has 7 heteroatoms. The summed E-state index contributed by atoms with van der Waals surface area (Å²) in [6.45, 7) is 7.97. The number of hydrogen-bond donors (Lipinski definition) is 0. The molecule has 2 aliphatic rings. The maximum Gasteiger partial charge on any atom is 0.236 e. The van der Waals surface area contributed by atoms with Gasteiger partial charge in [-0.05, 0) is 12.1 Å². The van der Waals surface area contributed by atoms with Crippen molar-refractivity contribution >= 4 is 16.9 Å². The summed E-state index contributed by atoms with van der Waals surface area (Å²) in [5, 5.41) is 0. The van der Waals surface area contributed by atoms with Crippen LogP contribution in [0, 0.1) is 0 Å². The van der Waals surface area contributed by atoms with E-state index < -0.39 is 0 Å². The number of piperazine rings is 1. The normalized spacial score (nSPS) is 20.0. The van der Waals surface area contributed by atoms with Gasteiger partial charge in [0.2, 0.25) is 5.91 Å². The summed E-state index contributed by atoms with van der Waals surface area (Å²) in [5.74, 6) is 1.33. The van der Waals surface area contributed by atoms with Crippen molar-refractivity contribution < 1.29 is 9.53 Å². The lowest BCUT2D eigenvalue weighted by molar-refractivity contribution is -0.136. The minimum atomic E-state index is 0.233. The van der Waals surface area contributed by atoms with Crippen molar-refractivity contribution in [3.05, 3.63) is 30.1 Å². The van der Waals surface area contributed by atoms with Gasteiger partial charge < -0.3 is 14.2 Å². The van der Waals surface area contributed by atoms with Crippen molar-refractivity contribution in [1.29, 1.82) is 0 Å². The third-order valence-corrected chi connectivity index (χ3v) is 5.43. The molecule has 2 aromatic rings. The van der Waals surface area contributed by atoms with Gasteiger partial charge in [0.1, 0.15) is 5.82 Å². The van der Waals surface area contributed by atoms with E-state index in [0.29, 0.717) is 19.8 Å². The highest BCUT2D eigenvalue weighted by molar-refractivity contribution is 5.78. The molecule has 1 aromatic carbocycles. The molecular formula is C19H27N5O2. The number of carbonyl (C=O) groups excluding carboxylic acids is 1. The van der Waals surface area contributed by atoms with Gasteiger partial charge in [0.25, 0.3) is 0 Å². The van der Waals surface area contributed by atoms with Crippen LogP contribution in [0.2, 0.25) is 0 Å². The van der Waals surface area contributed by atoms with Crippen LogP contribution in [0.25, 0.3) is 11.0 Å². The number of amides is 1. The van der Waals surface area contributed by atoms with Crippen molar-refractivity contribution in [1.82, 2.24) is 24.3 Å². The van der Waals surface area contributed by atoms with E-state index in [9.17, 15) is 4.79 Å². The summed E-state index contributed by atoms with van der Waals surface area (Å²) in [6, 6.07) is 8.26. The summed E-state index contributed by atoms with van der Waals surface area (Å²) < 4.78 is 7.50. The van der Waals surface area contributed by atoms with Crippen LogP contribution in [0.3, 0.4) is 0 Å². The highest BCUT2D eigenvalue weighted by atomic mass is 16.5. The monoisotopic (exact) mass is 357 g/mol. The number of para-hydroxylation sites is 2. The van der Waals surface area contributed by atoms with Crippen molar-refractivity contribution in [2.45, 2.75) is 6.54 Å². The van der Waals surface area contributed by atoms with Gasteiger partial charge in [-0.1, -0.05) is 12.1 Å². The number of rotatable bonds is 4. The average Bonchev–Trinajstić information content (AvgIpc) is 3.00. The smallest absolute Gasteiger partial charge is 0.236 e. The molecule has 7 nitrogen and oxygen atoms in total. The van der Waals surface area contributed by atoms with Gasteiger partial charge >= 0.3 is 0 Å². The first-order valence-corrected chi connectivity index (χ1v) is 9.41. The molecule has 0 bridgehead atoms. The molecule has 0 saturated carbocycles. The van der Waals surface area contributed by atoms with Gasteiger partial charge in [0.05, 0.1) is 37.3 Å². The second-order valence-electron chi connectivity index (χ2n) is 7.12. The third kappa shape index (κ3) is 3.75. The molecule has 2 aliphatic heterocycles. The van der Waals surface area contributed by atoms with Gasteiger partial charge in [0, 0.05) is 46.3 Å². The van der Waals surface area contributed by atoms with E-state index in [1.807, 2.05) is 11.0 Å². The topological polar surface area (TPSA) is 53.8 Å². The van der Waals surface area contributed by atoms with E-state index in [4.69, 9.17) is 9.72 Å². The summed E-state index contributed by atoms with van der Waals surface area (Å²) >= 11 is 0. The molecule has 2 fully saturated rings. The Labute approximate surface area is 154 Å². The first-order chi connectivity index (χ1) is 12.7. The first kappa shape index (κ1) is 17.5. The Bertz CT molecular complexity index is 760. The maximum atomic E-state index is 12.4. The minimum absolute atomic E-state index is 0.233. The Kier molecular flexibility index (Phi) is 5.19. The zero-order valence-corrected chi connectivity index (χ0v) is 15.4. The molecule has 2 saturated heterocycles. The van der Waals surface area contributed by atoms with Crippen LogP contribution in [-0.4, -0.2) is 89.2 Å². The largest absolute Gasteiger partial charge is 0.378 e. The molecule has 0 spiro atoms. The number of fused-ring (bicyclic) bond motifs is 1. The molecule has 0 unspecified atom stereocenters. The molecule has 4 rings (SSSR count). The minimum Gasteiger partial charge on any atom is -0.378 e. The van der Waals surface area contributed by atoms with E-state index in [-0.39, 0.29) is 5.91 Å². The number of ether oxygens (including phenoxy) is 1. The predicted octanol–water partition coefficient (Wildman–Crippen LogP) is 0.550. The molecule has 1 amide bonds. The number of aryl methyl sites for hydroxylation is 1. The summed E-state index contributed by atoms with van der Waals surface area (Å²) in [6.07, 6.45) is 0. The third-order valence-electron chi connectivity index (χ3n) is 5.43. The zero-order chi connectivity index (χ0) is 17.9. The number of imidazole rings is 1. The van der Waals surface area contributed by atoms with Gasteiger partial charge in [-0.3, -0.25) is 14.6 Å². The lowest BCUT2D eigenvalue weighted by atomic mass is 10.3. The van der Waals surface area contributed by atoms with Gasteiger partial charge in [-0.25, -0.2) is 4.98 Å². The van der Waals surface area contributed by atoms with Crippen molar-refractivity contribution in [2.24, 2.45) is 7.05 Å². The molecule has 1 aromatic heterocycles. The highest BCUT2D eigenvalue weighted by Gasteiger charge is 2.23. The second kappa shape index (κ2) is 7.73. The summed E-state index contributed by atoms with van der Waals surface area (Å²) in [7, 11) is 2.09. The van der Waals surface area contributed by atoms with E-state index in [1.165, 1.54) is 5.52 Å². The molecule has 3 heterocycles. The lowest BCUT2D eigenvalue weighted by Gasteiger charge is -2.35. The van der Waals surface area contributed by atoms with Crippen molar-refractivity contribution in [3.63, 3.8) is 0 Å². The quantitative estimate of drug-likeness (QED) is 0.800. The number of nitrogens with zero attached hydrogens (tertiary/aromatic N) is 5. The Morgan fingerprint density at radius 1 is 1.04 bits per heavy atom. The fourth-order valence-corrected chi connectivity index (χ4v) is 3.75. The van der Waals surface area contributed by atoms with Gasteiger partial charge in [-0.15, -0.1) is 0 Å². The SMILES string of the molecule is Cn1c(CN2CCN(CC(=O)N3CCOCC3)CC2)nc2ccccc21. The summed E-state index contributed by atoms with van der Waals surface area (Å²) in [5.41, 5.74) is 2.23. The zero-order valence-electron chi connectivity index (χ0n) is 15.4. The van der Waals surface area contributed by atoms with Crippen molar-refractivity contribution in [3.8, 4) is 0 Å². The lowest BCUT2D eigenvalue weighted by Crippen LogP contribution is -2.51. The Hall–Kier alpha value is -1.96. The highest BCUT2D eigenvalue weighted by Crippen LogP contribution is 2.16. The number of morpholine rings is 1. The van der Waals surface area contributed by atoms with Crippen LogP contribution in [0.5, 0.6) is 0 Å². The molecule has 0 N–H and O–H groups in total. The maximum absolute atomic E-state index is 12.4. The second-order valence-corrected chi connectivity index (χ2v) is 7.12. The van der Waals surface area contributed by atoms with Crippen LogP contribution < -0.4 is 0 Å². The Morgan fingerprint density at radius 3 is 2.46 bits per heavy atom. The number of carbonyl (C=O) groups is 1. The van der Waals surface area contributed by atoms with Crippen LogP contribution in [0.15, 0.2) is 24.3 Å². The van der Waals surface area contributed by atoms with E-state index in [2.05, 4.69) is 39.6 Å². The molecule has 140 valence electrons. The predicted molar refractivity (Wildman–Crippen MR) is 99.8 cm³/mol. The van der Waals surface area contributed by atoms with Crippen LogP contribution in [0.4, 0.5) is 0 Å². The van der Waals surface area contributed by atoms with E-state index >= 15 is 0 Å². The van der Waals surface area contributed by atoms with Crippen LogP contribution in [0.1, 0.15) is 5.82 Å². The van der Waals surface area contributed by atoms with E-state index in [0.717, 1.165) is 57.2 Å². The fourth-order valence-electron chi connectivity index (χ4n) is 3.75. The first-order valence-electron chi connectivity index (χ1n) is 9.41. The van der Waals surface area contributed by atoms with Crippen LogP contribution >= 0.6 is 0 Å². The van der Waals surface area contributed by atoms with Crippen molar-refractivity contribution in [2.75, 3.05) is 59.0 Å². The Morgan fingerprint density at radius 2 is 1.73 bits per heavy atom. The molecule has 26 heavy (non-hydrogen) atoms. The van der Waals surface area contributed by atoms with Crippen LogP contribution in [-0.2, 0) is 23.1 Å². The van der Waals surface area contributed by atoms with E-state index in [1.54, 1.807) is 0 Å². The molecular weight excluding hydrogens is 330 g/mol. The number of hydrogen-bond acceptors (Lipinski definition) is 5. The van der Waals surface area contributed by atoms with Gasteiger partial charge in [-0.2, -0.15) is 0 Å². The summed E-state index contributed by atoms with van der Waals surface area (Å²) in [4.78, 5) is 23.8. The fraction of sp³-hybridized carbons (Fsp3) is 0.579. The number of aromatic nitrogens is 2. The standard InChI is InChI=1S/C19H27N5O2/c1-21-17-5-3-2-4-16(17)20-18(21)14-22-6-8-23(9-7-22)15-19(25)24-10-12-26-13-11-24/h2-5H,6-15H2,1H3. The number of benzene rings is 1. The average molecular weight is 357 g/mol. The molecule has 0 radical (unpaired) electrons. The Balaban J connectivity index is 1.29. The van der Waals surface area contributed by atoms with Gasteiger partial charge in [0.15, 0.2) is 0 Å². The molecule has 0 atom stereocenters.